The number of alkyl halides is 3. The zero-order valence-corrected chi connectivity index (χ0v) is 14.0. The number of hydrogen-bond donors (Lipinski definition) is 0. The molecule has 0 amide bonds. The van der Waals surface area contributed by atoms with Gasteiger partial charge < -0.3 is 8.98 Å². The third-order valence-corrected chi connectivity index (χ3v) is 4.71. The predicted octanol–water partition coefficient (Wildman–Crippen LogP) is 4.60. The fraction of sp³-hybridized carbons (Fsp3) is 0.214. The van der Waals surface area contributed by atoms with Crippen LogP contribution < -0.4 is 0 Å². The average molecular weight is 375 g/mol. The molecule has 126 valence electrons. The van der Waals surface area contributed by atoms with Gasteiger partial charge in [-0.25, -0.2) is 4.98 Å². The van der Waals surface area contributed by atoms with E-state index in [0.29, 0.717) is 16.7 Å². The number of rotatable bonds is 3. The van der Waals surface area contributed by atoms with Gasteiger partial charge in [-0.2, -0.15) is 13.2 Å². The molecule has 0 aliphatic heterocycles. The SMILES string of the molecule is Cc1occc1-c1nnc(Sc2ncc(C(F)(F)F)cc2Cl)n1C. The molecule has 0 bridgehead atoms. The maximum Gasteiger partial charge on any atom is 0.417 e. The predicted molar refractivity (Wildman–Crippen MR) is 81.8 cm³/mol. The lowest BCUT2D eigenvalue weighted by molar-refractivity contribution is -0.137. The average Bonchev–Trinajstić information content (AvgIpc) is 3.07. The quantitative estimate of drug-likeness (QED) is 0.670. The van der Waals surface area contributed by atoms with Crippen LogP contribution in [-0.2, 0) is 13.2 Å². The summed E-state index contributed by atoms with van der Waals surface area (Å²) in [4.78, 5) is 3.78. The Labute approximate surface area is 143 Å². The molecule has 24 heavy (non-hydrogen) atoms. The normalized spacial score (nSPS) is 11.9. The van der Waals surface area contributed by atoms with E-state index in [0.717, 1.165) is 29.6 Å². The van der Waals surface area contributed by atoms with E-state index in [2.05, 4.69) is 15.2 Å². The largest absolute Gasteiger partial charge is 0.469 e. The first kappa shape index (κ1) is 16.8. The maximum absolute atomic E-state index is 12.6. The number of hydrogen-bond acceptors (Lipinski definition) is 5. The van der Waals surface area contributed by atoms with Crippen molar-refractivity contribution in [3.8, 4) is 11.4 Å². The minimum atomic E-state index is -4.49. The van der Waals surface area contributed by atoms with Crippen molar-refractivity contribution in [3.63, 3.8) is 0 Å². The molecule has 3 heterocycles. The Morgan fingerprint density at radius 1 is 1.29 bits per heavy atom. The van der Waals surface area contributed by atoms with Crippen molar-refractivity contribution in [1.29, 1.82) is 0 Å². The molecule has 3 aromatic rings. The van der Waals surface area contributed by atoms with Crippen LogP contribution in [-0.4, -0.2) is 19.7 Å². The summed E-state index contributed by atoms with van der Waals surface area (Å²) in [5.41, 5.74) is -0.118. The van der Waals surface area contributed by atoms with Gasteiger partial charge in [0, 0.05) is 13.2 Å². The third kappa shape index (κ3) is 3.13. The number of halogens is 4. The van der Waals surface area contributed by atoms with Crippen molar-refractivity contribution in [2.45, 2.75) is 23.3 Å². The number of aromatic nitrogens is 4. The number of aryl methyl sites for hydroxylation is 1. The first-order chi connectivity index (χ1) is 11.3. The van der Waals surface area contributed by atoms with Crippen molar-refractivity contribution >= 4 is 23.4 Å². The van der Waals surface area contributed by atoms with Crippen LogP contribution in [0.25, 0.3) is 11.4 Å². The lowest BCUT2D eigenvalue weighted by Gasteiger charge is -2.08. The lowest BCUT2D eigenvalue weighted by Crippen LogP contribution is -2.05. The Balaban J connectivity index is 1.90. The number of furan rings is 1. The molecule has 0 fully saturated rings. The molecule has 0 unspecified atom stereocenters. The van der Waals surface area contributed by atoms with Crippen molar-refractivity contribution in [2.24, 2.45) is 7.05 Å². The van der Waals surface area contributed by atoms with E-state index in [1.807, 2.05) is 0 Å². The topological polar surface area (TPSA) is 56.7 Å². The highest BCUT2D eigenvalue weighted by Crippen LogP contribution is 2.36. The first-order valence-corrected chi connectivity index (χ1v) is 7.81. The maximum atomic E-state index is 12.6. The van der Waals surface area contributed by atoms with E-state index in [1.165, 1.54) is 0 Å². The zero-order valence-electron chi connectivity index (χ0n) is 12.4. The highest BCUT2D eigenvalue weighted by atomic mass is 35.5. The molecule has 0 aliphatic carbocycles. The molecular formula is C14H10ClF3N4OS. The Hall–Kier alpha value is -2.00. The molecule has 0 radical (unpaired) electrons. The molecule has 0 saturated heterocycles. The smallest absolute Gasteiger partial charge is 0.417 e. The van der Waals surface area contributed by atoms with E-state index >= 15 is 0 Å². The molecular weight excluding hydrogens is 365 g/mol. The zero-order chi connectivity index (χ0) is 17.5. The Morgan fingerprint density at radius 2 is 2.04 bits per heavy atom. The third-order valence-electron chi connectivity index (χ3n) is 3.26. The number of nitrogens with zero attached hydrogens (tertiary/aromatic N) is 4. The molecule has 3 rings (SSSR count). The van der Waals surface area contributed by atoms with Gasteiger partial charge in [-0.3, -0.25) is 0 Å². The van der Waals surface area contributed by atoms with E-state index in [9.17, 15) is 13.2 Å². The lowest BCUT2D eigenvalue weighted by atomic mass is 10.2. The molecule has 0 aromatic carbocycles. The highest BCUT2D eigenvalue weighted by Gasteiger charge is 2.31. The molecule has 0 saturated carbocycles. The van der Waals surface area contributed by atoms with Gasteiger partial charge in [-0.1, -0.05) is 11.6 Å². The monoisotopic (exact) mass is 374 g/mol. The van der Waals surface area contributed by atoms with Crippen LogP contribution >= 0.6 is 23.4 Å². The van der Waals surface area contributed by atoms with Gasteiger partial charge in [0.2, 0.25) is 0 Å². The van der Waals surface area contributed by atoms with Crippen LogP contribution in [0.15, 0.2) is 39.2 Å². The summed E-state index contributed by atoms with van der Waals surface area (Å²) in [5.74, 6) is 1.26. The van der Waals surface area contributed by atoms with E-state index in [-0.39, 0.29) is 10.0 Å². The van der Waals surface area contributed by atoms with Gasteiger partial charge in [-0.05, 0) is 30.8 Å². The molecule has 0 atom stereocenters. The minimum absolute atomic E-state index is 0.0983. The van der Waals surface area contributed by atoms with Crippen LogP contribution in [0.2, 0.25) is 5.02 Å². The van der Waals surface area contributed by atoms with Crippen LogP contribution in [0, 0.1) is 6.92 Å². The van der Waals surface area contributed by atoms with Crippen molar-refractivity contribution in [2.75, 3.05) is 0 Å². The van der Waals surface area contributed by atoms with Gasteiger partial charge in [-0.15, -0.1) is 10.2 Å². The molecule has 0 spiro atoms. The highest BCUT2D eigenvalue weighted by molar-refractivity contribution is 7.99. The van der Waals surface area contributed by atoms with Crippen LogP contribution in [0.5, 0.6) is 0 Å². The summed E-state index contributed by atoms with van der Waals surface area (Å²) in [5, 5.41) is 8.68. The van der Waals surface area contributed by atoms with Gasteiger partial charge in [0.1, 0.15) is 10.8 Å². The summed E-state index contributed by atoms with van der Waals surface area (Å²) >= 11 is 6.95. The summed E-state index contributed by atoms with van der Waals surface area (Å²) in [6, 6.07) is 2.60. The molecule has 3 aromatic heterocycles. The number of pyridine rings is 1. The van der Waals surface area contributed by atoms with Gasteiger partial charge in [0.05, 0.1) is 22.4 Å². The van der Waals surface area contributed by atoms with E-state index in [1.54, 1.807) is 30.9 Å². The summed E-state index contributed by atoms with van der Waals surface area (Å²) in [7, 11) is 1.74. The van der Waals surface area contributed by atoms with E-state index in [4.69, 9.17) is 16.0 Å². The van der Waals surface area contributed by atoms with Crippen molar-refractivity contribution in [3.05, 3.63) is 40.9 Å². The summed E-state index contributed by atoms with van der Waals surface area (Å²) in [6.07, 6.45) is -2.21. The van der Waals surface area contributed by atoms with Gasteiger partial charge >= 0.3 is 6.18 Å². The fourth-order valence-electron chi connectivity index (χ4n) is 2.00. The minimum Gasteiger partial charge on any atom is -0.469 e. The fourth-order valence-corrected chi connectivity index (χ4v) is 3.02. The first-order valence-electron chi connectivity index (χ1n) is 6.62. The second-order valence-corrected chi connectivity index (χ2v) is 6.23. The molecule has 5 nitrogen and oxygen atoms in total. The van der Waals surface area contributed by atoms with Gasteiger partial charge in [0.15, 0.2) is 11.0 Å². The standard InChI is InChI=1S/C14H10ClF3N4OS/c1-7-9(3-4-23-7)11-20-21-13(22(11)2)24-12-10(15)5-8(6-19-12)14(16,17)18/h3-6H,1-2H3. The Kier molecular flexibility index (Phi) is 4.31. The molecule has 10 heteroatoms. The second kappa shape index (κ2) is 6.14. The van der Waals surface area contributed by atoms with Crippen LogP contribution in [0.1, 0.15) is 11.3 Å². The second-order valence-electron chi connectivity index (χ2n) is 4.87. The Bertz CT molecular complexity index is 891. The van der Waals surface area contributed by atoms with Crippen LogP contribution in [0.4, 0.5) is 13.2 Å². The van der Waals surface area contributed by atoms with Crippen molar-refractivity contribution < 1.29 is 17.6 Å². The molecule has 0 aliphatic rings. The van der Waals surface area contributed by atoms with Crippen LogP contribution in [0.3, 0.4) is 0 Å². The molecule has 0 N–H and O–H groups in total. The van der Waals surface area contributed by atoms with E-state index < -0.39 is 11.7 Å². The summed E-state index contributed by atoms with van der Waals surface area (Å²) < 4.78 is 44.9. The van der Waals surface area contributed by atoms with Crippen molar-refractivity contribution in [1.82, 2.24) is 19.7 Å². The van der Waals surface area contributed by atoms with Gasteiger partial charge in [0.25, 0.3) is 0 Å². The summed E-state index contributed by atoms with van der Waals surface area (Å²) in [6.45, 7) is 1.80. The Morgan fingerprint density at radius 3 is 2.62 bits per heavy atom.